The van der Waals surface area contributed by atoms with Crippen molar-refractivity contribution in [3.63, 3.8) is 0 Å². The van der Waals surface area contributed by atoms with E-state index in [1.807, 2.05) is 6.92 Å². The SMILES string of the molecule is CCc1ccc(S(=O)(=O)Nc2nc(Cl)c3[nH]cnc3n2)s1. The predicted octanol–water partition coefficient (Wildman–Crippen LogP) is 2.43. The Morgan fingerprint density at radius 3 is 2.90 bits per heavy atom. The Kier molecular flexibility index (Phi) is 3.56. The van der Waals surface area contributed by atoms with Gasteiger partial charge in [-0.3, -0.25) is 0 Å². The van der Waals surface area contributed by atoms with Gasteiger partial charge in [0.15, 0.2) is 10.8 Å². The Morgan fingerprint density at radius 1 is 1.38 bits per heavy atom. The van der Waals surface area contributed by atoms with Crippen LogP contribution in [0.4, 0.5) is 5.95 Å². The number of H-pyrrole nitrogens is 1. The largest absolute Gasteiger partial charge is 0.341 e. The van der Waals surface area contributed by atoms with Gasteiger partial charge in [-0.05, 0) is 18.6 Å². The Balaban J connectivity index is 1.96. The number of halogens is 1. The van der Waals surface area contributed by atoms with Crippen LogP contribution in [0.3, 0.4) is 0 Å². The molecule has 0 spiro atoms. The van der Waals surface area contributed by atoms with Gasteiger partial charge >= 0.3 is 0 Å². The van der Waals surface area contributed by atoms with Crippen LogP contribution in [0.25, 0.3) is 11.2 Å². The summed E-state index contributed by atoms with van der Waals surface area (Å²) in [7, 11) is -3.72. The highest BCUT2D eigenvalue weighted by molar-refractivity contribution is 7.94. The summed E-state index contributed by atoms with van der Waals surface area (Å²) in [5.74, 6) is -0.106. The van der Waals surface area contributed by atoms with Gasteiger partial charge in [0.2, 0.25) is 5.95 Å². The average molecular weight is 344 g/mol. The number of sulfonamides is 1. The van der Waals surface area contributed by atoms with Gasteiger partial charge in [-0.25, -0.2) is 18.1 Å². The van der Waals surface area contributed by atoms with Crippen LogP contribution in [-0.4, -0.2) is 28.4 Å². The topological polar surface area (TPSA) is 101 Å². The highest BCUT2D eigenvalue weighted by Crippen LogP contribution is 2.25. The van der Waals surface area contributed by atoms with E-state index in [0.29, 0.717) is 11.2 Å². The molecular weight excluding hydrogens is 334 g/mol. The molecule has 0 saturated carbocycles. The van der Waals surface area contributed by atoms with E-state index in [2.05, 4.69) is 24.7 Å². The lowest BCUT2D eigenvalue weighted by molar-refractivity contribution is 0.603. The van der Waals surface area contributed by atoms with Crippen LogP contribution in [0.15, 0.2) is 22.7 Å². The van der Waals surface area contributed by atoms with E-state index in [-0.39, 0.29) is 15.3 Å². The van der Waals surface area contributed by atoms with Crippen LogP contribution < -0.4 is 4.72 Å². The normalized spacial score (nSPS) is 11.9. The van der Waals surface area contributed by atoms with Crippen molar-refractivity contribution < 1.29 is 8.42 Å². The molecule has 0 saturated heterocycles. The smallest absolute Gasteiger partial charge is 0.273 e. The molecule has 0 aliphatic heterocycles. The zero-order valence-electron chi connectivity index (χ0n) is 10.8. The number of nitrogens with one attached hydrogen (secondary N) is 2. The van der Waals surface area contributed by atoms with Crippen molar-refractivity contribution in [2.45, 2.75) is 17.6 Å². The van der Waals surface area contributed by atoms with E-state index >= 15 is 0 Å². The maximum absolute atomic E-state index is 12.3. The third-order valence-electron chi connectivity index (χ3n) is 2.72. The second-order valence-corrected chi connectivity index (χ2v) is 7.55. The number of hydrogen-bond donors (Lipinski definition) is 2. The minimum absolute atomic E-state index is 0.106. The maximum atomic E-state index is 12.3. The zero-order valence-corrected chi connectivity index (χ0v) is 13.2. The van der Waals surface area contributed by atoms with Gasteiger partial charge in [0, 0.05) is 4.88 Å². The molecule has 3 heterocycles. The first-order valence-electron chi connectivity index (χ1n) is 5.98. The minimum Gasteiger partial charge on any atom is -0.341 e. The molecule has 0 aliphatic carbocycles. The highest BCUT2D eigenvalue weighted by Gasteiger charge is 2.19. The lowest BCUT2D eigenvalue weighted by atomic mass is 10.4. The first-order chi connectivity index (χ1) is 9.99. The summed E-state index contributed by atoms with van der Waals surface area (Å²) in [6.45, 7) is 1.96. The summed E-state index contributed by atoms with van der Waals surface area (Å²) >= 11 is 7.16. The zero-order chi connectivity index (χ0) is 15.0. The first-order valence-corrected chi connectivity index (χ1v) is 8.65. The Morgan fingerprint density at radius 2 is 2.19 bits per heavy atom. The molecule has 0 bridgehead atoms. The van der Waals surface area contributed by atoms with Crippen molar-refractivity contribution in [3.8, 4) is 0 Å². The number of thiophene rings is 1. The molecule has 0 unspecified atom stereocenters. The molecule has 0 aromatic carbocycles. The summed E-state index contributed by atoms with van der Waals surface area (Å²) in [5, 5.41) is 0.107. The fourth-order valence-electron chi connectivity index (χ4n) is 1.71. The number of imidazole rings is 1. The highest BCUT2D eigenvalue weighted by atomic mass is 35.5. The Bertz CT molecular complexity index is 902. The average Bonchev–Trinajstić information content (AvgIpc) is 3.06. The summed E-state index contributed by atoms with van der Waals surface area (Å²) < 4.78 is 27.1. The summed E-state index contributed by atoms with van der Waals surface area (Å²) in [6, 6.07) is 3.34. The maximum Gasteiger partial charge on any atom is 0.273 e. The number of aromatic nitrogens is 4. The van der Waals surface area contributed by atoms with E-state index in [4.69, 9.17) is 11.6 Å². The third kappa shape index (κ3) is 2.71. The number of fused-ring (bicyclic) bond motifs is 1. The molecule has 21 heavy (non-hydrogen) atoms. The quantitative estimate of drug-likeness (QED) is 0.708. The number of anilines is 1. The van der Waals surface area contributed by atoms with Crippen LogP contribution in [0.2, 0.25) is 5.15 Å². The molecule has 10 heteroatoms. The number of hydrogen-bond acceptors (Lipinski definition) is 6. The number of nitrogens with zero attached hydrogens (tertiary/aromatic N) is 3. The van der Waals surface area contributed by atoms with E-state index in [1.54, 1.807) is 12.1 Å². The van der Waals surface area contributed by atoms with Gasteiger partial charge < -0.3 is 4.98 Å². The fourth-order valence-corrected chi connectivity index (χ4v) is 4.17. The number of aryl methyl sites for hydroxylation is 1. The second-order valence-electron chi connectivity index (χ2n) is 4.12. The molecule has 0 radical (unpaired) electrons. The van der Waals surface area contributed by atoms with E-state index in [9.17, 15) is 8.42 Å². The van der Waals surface area contributed by atoms with Crippen molar-refractivity contribution in [2.24, 2.45) is 0 Å². The summed E-state index contributed by atoms with van der Waals surface area (Å²) in [5.41, 5.74) is 0.761. The second kappa shape index (κ2) is 5.24. The Hall–Kier alpha value is -1.71. The van der Waals surface area contributed by atoms with Gasteiger partial charge in [0.05, 0.1) is 6.33 Å². The van der Waals surface area contributed by atoms with Crippen LogP contribution >= 0.6 is 22.9 Å². The predicted molar refractivity (Wildman–Crippen MR) is 81.2 cm³/mol. The van der Waals surface area contributed by atoms with Crippen molar-refractivity contribution >= 4 is 50.1 Å². The van der Waals surface area contributed by atoms with Gasteiger partial charge in [-0.15, -0.1) is 11.3 Å². The van der Waals surface area contributed by atoms with Crippen LogP contribution in [0.5, 0.6) is 0 Å². The summed E-state index contributed by atoms with van der Waals surface area (Å²) in [6.07, 6.45) is 2.19. The minimum atomic E-state index is -3.72. The standard InChI is InChI=1S/C11H10ClN5O2S2/c1-2-6-3-4-7(20-6)21(18,19)17-11-15-9(12)8-10(16-11)14-5-13-8/h3-5H,2H2,1H3,(H2,13,14,15,16,17). The molecule has 3 aromatic rings. The molecule has 2 N–H and O–H groups in total. The number of rotatable bonds is 4. The Labute approximate surface area is 129 Å². The molecular formula is C11H10ClN5O2S2. The fraction of sp³-hybridized carbons (Fsp3) is 0.182. The van der Waals surface area contributed by atoms with Gasteiger partial charge in [0.25, 0.3) is 10.0 Å². The monoisotopic (exact) mass is 343 g/mol. The van der Waals surface area contributed by atoms with E-state index in [0.717, 1.165) is 11.3 Å². The molecule has 3 aromatic heterocycles. The molecule has 7 nitrogen and oxygen atoms in total. The van der Waals surface area contributed by atoms with Crippen molar-refractivity contribution in [1.29, 1.82) is 0 Å². The lowest BCUT2D eigenvalue weighted by Crippen LogP contribution is -2.14. The van der Waals surface area contributed by atoms with E-state index < -0.39 is 10.0 Å². The molecule has 3 rings (SSSR count). The molecule has 0 aliphatic rings. The number of aromatic amines is 1. The molecule has 0 amide bonds. The molecule has 0 fully saturated rings. The van der Waals surface area contributed by atoms with Gasteiger partial charge in [0.1, 0.15) is 9.73 Å². The summed E-state index contributed by atoms with van der Waals surface area (Å²) in [4.78, 5) is 15.6. The van der Waals surface area contributed by atoms with Crippen molar-refractivity contribution in [3.05, 3.63) is 28.5 Å². The van der Waals surface area contributed by atoms with Crippen molar-refractivity contribution in [2.75, 3.05) is 4.72 Å². The third-order valence-corrected chi connectivity index (χ3v) is 6.04. The van der Waals surface area contributed by atoms with Crippen LogP contribution in [0, 0.1) is 0 Å². The first kappa shape index (κ1) is 14.2. The lowest BCUT2D eigenvalue weighted by Gasteiger charge is -2.04. The van der Waals surface area contributed by atoms with Gasteiger partial charge in [-0.2, -0.15) is 9.97 Å². The van der Waals surface area contributed by atoms with E-state index in [1.165, 1.54) is 17.7 Å². The molecule has 110 valence electrons. The molecule has 0 atom stereocenters. The van der Waals surface area contributed by atoms with Gasteiger partial charge in [-0.1, -0.05) is 18.5 Å². The van der Waals surface area contributed by atoms with Crippen molar-refractivity contribution in [1.82, 2.24) is 19.9 Å². The van der Waals surface area contributed by atoms with Crippen LogP contribution in [0.1, 0.15) is 11.8 Å². The van der Waals surface area contributed by atoms with Crippen LogP contribution in [-0.2, 0) is 16.4 Å².